The molecule has 0 saturated carbocycles. The van der Waals surface area contributed by atoms with Crippen LogP contribution in [0.4, 0.5) is 8.78 Å². The van der Waals surface area contributed by atoms with Crippen molar-refractivity contribution in [2.24, 2.45) is 5.73 Å². The molecule has 0 heterocycles. The average Bonchev–Trinajstić information content (AvgIpc) is 2.39. The SMILES string of the molecule is COCC(N)C(=O)N(C)C(C)c1cc(F)ccc1F. The Bertz CT molecular complexity index is 454. The third-order valence-electron chi connectivity index (χ3n) is 3.00. The molecule has 1 amide bonds. The van der Waals surface area contributed by atoms with Gasteiger partial charge in [0.15, 0.2) is 0 Å². The van der Waals surface area contributed by atoms with E-state index in [1.807, 2.05) is 0 Å². The number of hydrogen-bond donors (Lipinski definition) is 1. The summed E-state index contributed by atoms with van der Waals surface area (Å²) in [5.74, 6) is -1.50. The van der Waals surface area contributed by atoms with E-state index in [1.165, 1.54) is 19.1 Å². The van der Waals surface area contributed by atoms with Crippen LogP contribution in [0.3, 0.4) is 0 Å². The molecule has 2 N–H and O–H groups in total. The van der Waals surface area contributed by atoms with Gasteiger partial charge in [0.05, 0.1) is 12.6 Å². The molecule has 0 aromatic heterocycles. The second-order valence-electron chi connectivity index (χ2n) is 4.35. The summed E-state index contributed by atoms with van der Waals surface area (Å²) in [5.41, 5.74) is 5.74. The molecule has 0 fully saturated rings. The zero-order valence-corrected chi connectivity index (χ0v) is 11.2. The molecular formula is C13H18F2N2O2. The smallest absolute Gasteiger partial charge is 0.242 e. The van der Waals surface area contributed by atoms with Crippen LogP contribution in [-0.2, 0) is 9.53 Å². The first-order chi connectivity index (χ1) is 8.88. The lowest BCUT2D eigenvalue weighted by molar-refractivity contribution is -0.134. The lowest BCUT2D eigenvalue weighted by Crippen LogP contribution is -2.45. The van der Waals surface area contributed by atoms with Crippen molar-refractivity contribution in [1.29, 1.82) is 0 Å². The molecule has 2 unspecified atom stereocenters. The summed E-state index contributed by atoms with van der Waals surface area (Å²) in [7, 11) is 2.93. The number of benzene rings is 1. The molecule has 1 aromatic carbocycles. The van der Waals surface area contributed by atoms with Crippen molar-refractivity contribution >= 4 is 5.91 Å². The molecule has 0 radical (unpaired) electrons. The molecule has 1 rings (SSSR count). The maximum atomic E-state index is 13.6. The predicted molar refractivity (Wildman–Crippen MR) is 67.4 cm³/mol. The average molecular weight is 272 g/mol. The Kier molecular flexibility index (Phi) is 5.38. The Morgan fingerprint density at radius 1 is 1.47 bits per heavy atom. The first-order valence-corrected chi connectivity index (χ1v) is 5.84. The number of carbonyl (C=O) groups is 1. The summed E-state index contributed by atoms with van der Waals surface area (Å²) < 4.78 is 31.6. The highest BCUT2D eigenvalue weighted by molar-refractivity contribution is 5.82. The van der Waals surface area contributed by atoms with Crippen LogP contribution in [0, 0.1) is 11.6 Å². The predicted octanol–water partition coefficient (Wildman–Crippen LogP) is 1.46. The molecule has 6 heteroatoms. The number of carbonyl (C=O) groups excluding carboxylic acids is 1. The van der Waals surface area contributed by atoms with E-state index in [1.54, 1.807) is 6.92 Å². The van der Waals surface area contributed by atoms with E-state index in [0.29, 0.717) is 0 Å². The maximum Gasteiger partial charge on any atom is 0.242 e. The largest absolute Gasteiger partial charge is 0.383 e. The maximum absolute atomic E-state index is 13.6. The first kappa shape index (κ1) is 15.5. The summed E-state index contributed by atoms with van der Waals surface area (Å²) >= 11 is 0. The molecule has 0 aliphatic carbocycles. The Hall–Kier alpha value is -1.53. The Labute approximate surface area is 111 Å². The van der Waals surface area contributed by atoms with Gasteiger partial charge in [-0.05, 0) is 25.1 Å². The van der Waals surface area contributed by atoms with Crippen LogP contribution >= 0.6 is 0 Å². The van der Waals surface area contributed by atoms with Crippen molar-refractivity contribution in [2.45, 2.75) is 19.0 Å². The van der Waals surface area contributed by atoms with E-state index in [0.717, 1.165) is 18.2 Å². The van der Waals surface area contributed by atoms with Crippen molar-refractivity contribution in [3.05, 3.63) is 35.4 Å². The third-order valence-corrected chi connectivity index (χ3v) is 3.00. The minimum absolute atomic E-state index is 0.0710. The van der Waals surface area contributed by atoms with Crippen LogP contribution in [0.2, 0.25) is 0 Å². The van der Waals surface area contributed by atoms with Gasteiger partial charge in [0.25, 0.3) is 0 Å². The monoisotopic (exact) mass is 272 g/mol. The first-order valence-electron chi connectivity index (χ1n) is 5.84. The van der Waals surface area contributed by atoms with Crippen LogP contribution < -0.4 is 5.73 Å². The molecule has 0 spiro atoms. The number of likely N-dealkylation sites (N-methyl/N-ethyl adjacent to an activating group) is 1. The minimum atomic E-state index is -0.825. The highest BCUT2D eigenvalue weighted by Crippen LogP contribution is 2.23. The molecule has 1 aromatic rings. The molecular weight excluding hydrogens is 254 g/mol. The minimum Gasteiger partial charge on any atom is -0.383 e. The second-order valence-corrected chi connectivity index (χ2v) is 4.35. The van der Waals surface area contributed by atoms with Gasteiger partial charge in [0.2, 0.25) is 5.91 Å². The van der Waals surface area contributed by atoms with Crippen molar-refractivity contribution in [3.63, 3.8) is 0 Å². The number of rotatable bonds is 5. The number of nitrogens with zero attached hydrogens (tertiary/aromatic N) is 1. The molecule has 0 saturated heterocycles. The molecule has 19 heavy (non-hydrogen) atoms. The van der Waals surface area contributed by atoms with Gasteiger partial charge in [-0.3, -0.25) is 4.79 Å². The van der Waals surface area contributed by atoms with Crippen molar-refractivity contribution in [2.75, 3.05) is 20.8 Å². The Morgan fingerprint density at radius 2 is 2.11 bits per heavy atom. The van der Waals surface area contributed by atoms with Gasteiger partial charge >= 0.3 is 0 Å². The number of nitrogens with two attached hydrogens (primary N) is 1. The number of amides is 1. The van der Waals surface area contributed by atoms with E-state index in [9.17, 15) is 13.6 Å². The molecule has 0 bridgehead atoms. The fourth-order valence-electron chi connectivity index (χ4n) is 1.75. The summed E-state index contributed by atoms with van der Waals surface area (Å²) in [6.07, 6.45) is 0. The van der Waals surface area contributed by atoms with Gasteiger partial charge in [-0.25, -0.2) is 8.78 Å². The second kappa shape index (κ2) is 6.58. The van der Waals surface area contributed by atoms with Gasteiger partial charge in [-0.2, -0.15) is 0 Å². The summed E-state index contributed by atoms with van der Waals surface area (Å²) in [5, 5.41) is 0. The topological polar surface area (TPSA) is 55.6 Å². The van der Waals surface area contributed by atoms with E-state index in [2.05, 4.69) is 0 Å². The lowest BCUT2D eigenvalue weighted by Gasteiger charge is -2.28. The van der Waals surface area contributed by atoms with Crippen LogP contribution in [0.1, 0.15) is 18.5 Å². The summed E-state index contributed by atoms with van der Waals surface area (Å²) in [4.78, 5) is 13.2. The van der Waals surface area contributed by atoms with E-state index < -0.39 is 29.6 Å². The number of ether oxygens (including phenoxy) is 1. The Morgan fingerprint density at radius 3 is 2.68 bits per heavy atom. The van der Waals surface area contributed by atoms with Gasteiger partial charge in [0, 0.05) is 19.7 Å². The van der Waals surface area contributed by atoms with Crippen LogP contribution in [0.5, 0.6) is 0 Å². The highest BCUT2D eigenvalue weighted by Gasteiger charge is 2.24. The number of hydrogen-bond acceptors (Lipinski definition) is 3. The molecule has 4 nitrogen and oxygen atoms in total. The summed E-state index contributed by atoms with van der Waals surface area (Å²) in [6, 6.07) is 1.70. The summed E-state index contributed by atoms with van der Waals surface area (Å²) in [6.45, 7) is 1.68. The van der Waals surface area contributed by atoms with Crippen LogP contribution in [0.15, 0.2) is 18.2 Å². The zero-order valence-electron chi connectivity index (χ0n) is 11.2. The van der Waals surface area contributed by atoms with Crippen LogP contribution in [-0.4, -0.2) is 37.6 Å². The molecule has 106 valence electrons. The van der Waals surface area contributed by atoms with E-state index in [-0.39, 0.29) is 12.2 Å². The fraction of sp³-hybridized carbons (Fsp3) is 0.462. The van der Waals surface area contributed by atoms with Gasteiger partial charge in [0.1, 0.15) is 17.7 Å². The molecule has 2 atom stereocenters. The van der Waals surface area contributed by atoms with Crippen molar-refractivity contribution in [3.8, 4) is 0 Å². The normalized spacial score (nSPS) is 14.0. The quantitative estimate of drug-likeness (QED) is 0.883. The van der Waals surface area contributed by atoms with Gasteiger partial charge in [-0.15, -0.1) is 0 Å². The third kappa shape index (κ3) is 3.71. The van der Waals surface area contributed by atoms with Crippen molar-refractivity contribution < 1.29 is 18.3 Å². The molecule has 0 aliphatic rings. The zero-order chi connectivity index (χ0) is 14.6. The van der Waals surface area contributed by atoms with Crippen molar-refractivity contribution in [1.82, 2.24) is 4.90 Å². The van der Waals surface area contributed by atoms with Crippen LogP contribution in [0.25, 0.3) is 0 Å². The van der Waals surface area contributed by atoms with E-state index >= 15 is 0 Å². The standard InChI is InChI=1S/C13H18F2N2O2/c1-8(10-6-9(14)4-5-11(10)15)17(2)13(18)12(16)7-19-3/h4-6,8,12H,7,16H2,1-3H3. The lowest BCUT2D eigenvalue weighted by atomic mass is 10.1. The number of halogens is 2. The molecule has 0 aliphatic heterocycles. The van der Waals surface area contributed by atoms with Gasteiger partial charge in [-0.1, -0.05) is 0 Å². The highest BCUT2D eigenvalue weighted by atomic mass is 19.1. The number of methoxy groups -OCH3 is 1. The van der Waals surface area contributed by atoms with E-state index in [4.69, 9.17) is 10.5 Å². The van der Waals surface area contributed by atoms with Gasteiger partial charge < -0.3 is 15.4 Å². The fourth-order valence-corrected chi connectivity index (χ4v) is 1.75. The Balaban J connectivity index is 2.90.